The molecule has 2 aliphatic heterocycles. The number of likely N-dealkylation sites (N-methyl/N-ethyl adjacent to an activating group) is 1. The first-order valence-corrected chi connectivity index (χ1v) is 13.1. The number of anilines is 1. The second-order valence-electron chi connectivity index (χ2n) is 9.89. The van der Waals surface area contributed by atoms with E-state index in [1.54, 1.807) is 0 Å². The molecule has 14 heteroatoms. The van der Waals surface area contributed by atoms with Crippen LogP contribution in [0.3, 0.4) is 0 Å². The van der Waals surface area contributed by atoms with Crippen LogP contribution in [0.2, 0.25) is 0 Å². The third kappa shape index (κ3) is 7.89. The fourth-order valence-corrected chi connectivity index (χ4v) is 4.55. The van der Waals surface area contributed by atoms with Crippen LogP contribution in [-0.2, 0) is 16.0 Å². The van der Waals surface area contributed by atoms with Crippen LogP contribution in [0.1, 0.15) is 27.3 Å². The van der Waals surface area contributed by atoms with Crippen molar-refractivity contribution in [2.75, 3.05) is 44.7 Å². The van der Waals surface area contributed by atoms with E-state index in [1.165, 1.54) is 11.3 Å². The number of alkyl halides is 6. The molecule has 228 valence electrons. The molecular formula is C29H27F6N5O3. The quantitative estimate of drug-likeness (QED) is 0.327. The van der Waals surface area contributed by atoms with Gasteiger partial charge in [-0.2, -0.15) is 26.3 Å². The standard InChI is InChI=1S/C25H27N5O.C4F6O2/c1-29-12-14-30(15-13-29)24-5-3-2-4-18(24)6-7-20-16-19(8-10-26-20)23-17-21-22(28-23)9-11-27-25(21)31;5-3(6,7)1(11)2(12)4(8,9)10/h2-8,10,16-17,28H,9,11-15H2,1H3,(H,27,31);/b7-6+;. The lowest BCUT2D eigenvalue weighted by molar-refractivity contribution is -0.193. The summed E-state index contributed by atoms with van der Waals surface area (Å²) in [5.41, 5.74) is 7.10. The molecule has 1 saturated heterocycles. The maximum Gasteiger partial charge on any atom is 0.458 e. The minimum absolute atomic E-state index is 0.00145. The lowest BCUT2D eigenvalue weighted by Crippen LogP contribution is -2.44. The summed E-state index contributed by atoms with van der Waals surface area (Å²) in [4.78, 5) is 44.1. The second-order valence-corrected chi connectivity index (χ2v) is 9.89. The number of Topliss-reactive ketones (excluding diaryl/α,β-unsaturated/α-hetero) is 2. The summed E-state index contributed by atoms with van der Waals surface area (Å²) in [5, 5.41) is 2.90. The number of ketones is 2. The molecule has 8 nitrogen and oxygen atoms in total. The molecule has 2 aliphatic rings. The fourth-order valence-electron chi connectivity index (χ4n) is 4.55. The van der Waals surface area contributed by atoms with Crippen molar-refractivity contribution >= 4 is 35.3 Å². The first-order valence-electron chi connectivity index (χ1n) is 13.1. The van der Waals surface area contributed by atoms with E-state index in [2.05, 4.69) is 74.6 Å². The monoisotopic (exact) mass is 607 g/mol. The summed E-state index contributed by atoms with van der Waals surface area (Å²) < 4.78 is 67.0. The topological polar surface area (TPSA) is 98.4 Å². The Labute approximate surface area is 242 Å². The zero-order valence-electron chi connectivity index (χ0n) is 22.9. The van der Waals surface area contributed by atoms with Gasteiger partial charge in [0.2, 0.25) is 0 Å². The van der Waals surface area contributed by atoms with E-state index >= 15 is 0 Å². The van der Waals surface area contributed by atoms with Gasteiger partial charge < -0.3 is 20.1 Å². The molecule has 3 aromatic rings. The molecule has 43 heavy (non-hydrogen) atoms. The number of aromatic amines is 1. The first kappa shape index (κ1) is 31.5. The molecule has 0 spiro atoms. The minimum atomic E-state index is -5.77. The zero-order chi connectivity index (χ0) is 31.4. The van der Waals surface area contributed by atoms with Crippen molar-refractivity contribution in [3.8, 4) is 11.3 Å². The third-order valence-corrected chi connectivity index (χ3v) is 6.83. The van der Waals surface area contributed by atoms with E-state index in [-0.39, 0.29) is 5.91 Å². The van der Waals surface area contributed by atoms with Crippen LogP contribution in [0.5, 0.6) is 0 Å². The molecule has 1 amide bonds. The number of hydrogen-bond donors (Lipinski definition) is 2. The van der Waals surface area contributed by atoms with E-state index in [9.17, 15) is 40.7 Å². The number of aromatic nitrogens is 2. The third-order valence-electron chi connectivity index (χ3n) is 6.83. The number of fused-ring (bicyclic) bond motifs is 1. The lowest BCUT2D eigenvalue weighted by atomic mass is 10.1. The van der Waals surface area contributed by atoms with Gasteiger partial charge in [0.15, 0.2) is 0 Å². The van der Waals surface area contributed by atoms with Crippen LogP contribution >= 0.6 is 0 Å². The van der Waals surface area contributed by atoms with E-state index in [4.69, 9.17) is 0 Å². The van der Waals surface area contributed by atoms with E-state index in [0.29, 0.717) is 6.54 Å². The largest absolute Gasteiger partial charge is 0.458 e. The SMILES string of the molecule is CN1CCN(c2ccccc2/C=C/c2cc(-c3cc4c([nH]3)CCNC4=O)ccn2)CC1.O=C(C(=O)C(F)(F)F)C(F)(F)F. The average Bonchev–Trinajstić information content (AvgIpc) is 3.41. The highest BCUT2D eigenvalue weighted by atomic mass is 19.4. The van der Waals surface area contributed by atoms with Gasteiger partial charge >= 0.3 is 23.9 Å². The van der Waals surface area contributed by atoms with Crippen molar-refractivity contribution in [3.63, 3.8) is 0 Å². The fraction of sp³-hybridized carbons (Fsp3) is 0.310. The van der Waals surface area contributed by atoms with Crippen molar-refractivity contribution < 1.29 is 40.7 Å². The number of nitrogens with zero attached hydrogens (tertiary/aromatic N) is 3. The number of amides is 1. The number of H-pyrrole nitrogens is 1. The first-order chi connectivity index (χ1) is 20.2. The number of halogens is 6. The molecule has 2 aromatic heterocycles. The van der Waals surface area contributed by atoms with Gasteiger partial charge in [0.1, 0.15) is 0 Å². The van der Waals surface area contributed by atoms with Gasteiger partial charge in [-0.25, -0.2) is 0 Å². The number of para-hydroxylation sites is 1. The Morgan fingerprint density at radius 3 is 2.19 bits per heavy atom. The van der Waals surface area contributed by atoms with Crippen molar-refractivity contribution in [3.05, 3.63) is 71.2 Å². The Bertz CT molecular complexity index is 1500. The Kier molecular flexibility index (Phi) is 9.38. The molecule has 0 aliphatic carbocycles. The van der Waals surface area contributed by atoms with Gasteiger partial charge in [0.05, 0.1) is 11.3 Å². The predicted molar refractivity (Wildman–Crippen MR) is 147 cm³/mol. The highest BCUT2D eigenvalue weighted by Crippen LogP contribution is 2.27. The van der Waals surface area contributed by atoms with Gasteiger partial charge in [-0.1, -0.05) is 24.3 Å². The Morgan fingerprint density at radius 2 is 1.56 bits per heavy atom. The van der Waals surface area contributed by atoms with Crippen LogP contribution in [0.4, 0.5) is 32.0 Å². The molecule has 5 rings (SSSR count). The van der Waals surface area contributed by atoms with Crippen molar-refractivity contribution in [2.24, 2.45) is 0 Å². The van der Waals surface area contributed by atoms with Crippen LogP contribution in [-0.4, -0.2) is 84.5 Å². The van der Waals surface area contributed by atoms with E-state index in [0.717, 1.165) is 60.8 Å². The van der Waals surface area contributed by atoms with Crippen LogP contribution in [0, 0.1) is 0 Å². The molecule has 0 atom stereocenters. The summed E-state index contributed by atoms with van der Waals surface area (Å²) in [5.74, 6) is -6.82. The maximum absolute atomic E-state index is 12.1. The molecule has 0 bridgehead atoms. The molecule has 0 radical (unpaired) electrons. The van der Waals surface area contributed by atoms with Crippen LogP contribution in [0.25, 0.3) is 23.4 Å². The number of pyridine rings is 1. The summed E-state index contributed by atoms with van der Waals surface area (Å²) in [6.45, 7) is 4.93. The number of piperazine rings is 1. The van der Waals surface area contributed by atoms with E-state index in [1.807, 2.05) is 18.3 Å². The molecule has 0 unspecified atom stereocenters. The highest BCUT2D eigenvalue weighted by molar-refractivity contribution is 6.41. The number of rotatable bonds is 5. The molecular weight excluding hydrogens is 580 g/mol. The Morgan fingerprint density at radius 1 is 0.907 bits per heavy atom. The van der Waals surface area contributed by atoms with Crippen molar-refractivity contribution in [1.82, 2.24) is 20.2 Å². The maximum atomic E-state index is 12.1. The number of nitrogens with one attached hydrogen (secondary N) is 2. The predicted octanol–water partition coefficient (Wildman–Crippen LogP) is 4.53. The normalized spacial score (nSPS) is 15.9. The molecule has 0 saturated carbocycles. The van der Waals surface area contributed by atoms with Gasteiger partial charge in [-0.15, -0.1) is 0 Å². The zero-order valence-corrected chi connectivity index (χ0v) is 22.9. The second kappa shape index (κ2) is 12.8. The van der Waals surface area contributed by atoms with Gasteiger partial charge in [-0.3, -0.25) is 19.4 Å². The molecule has 4 heterocycles. The Balaban J connectivity index is 0.000000301. The Hall–Kier alpha value is -4.46. The number of benzene rings is 1. The molecule has 1 fully saturated rings. The van der Waals surface area contributed by atoms with Gasteiger partial charge in [0.25, 0.3) is 5.91 Å². The average molecular weight is 608 g/mol. The van der Waals surface area contributed by atoms with Crippen molar-refractivity contribution in [1.29, 1.82) is 0 Å². The number of carbonyl (C=O) groups excluding carboxylic acids is 3. The van der Waals surface area contributed by atoms with Gasteiger partial charge in [-0.05, 0) is 43.0 Å². The molecule has 2 N–H and O–H groups in total. The smallest absolute Gasteiger partial charge is 0.368 e. The summed E-state index contributed by atoms with van der Waals surface area (Å²) in [6.07, 6.45) is -4.68. The summed E-state index contributed by atoms with van der Waals surface area (Å²) >= 11 is 0. The number of carbonyl (C=O) groups is 3. The van der Waals surface area contributed by atoms with Crippen LogP contribution in [0.15, 0.2) is 48.7 Å². The van der Waals surface area contributed by atoms with E-state index < -0.39 is 23.9 Å². The van der Waals surface area contributed by atoms with Crippen molar-refractivity contribution in [2.45, 2.75) is 18.8 Å². The summed E-state index contributed by atoms with van der Waals surface area (Å²) in [7, 11) is 2.18. The van der Waals surface area contributed by atoms with Gasteiger partial charge in [0, 0.05) is 68.0 Å². The number of hydrogen-bond acceptors (Lipinski definition) is 6. The molecule has 1 aromatic carbocycles. The highest BCUT2D eigenvalue weighted by Gasteiger charge is 2.54. The summed E-state index contributed by atoms with van der Waals surface area (Å²) in [6, 6.07) is 14.5. The van der Waals surface area contributed by atoms with Crippen LogP contribution < -0.4 is 10.2 Å². The minimum Gasteiger partial charge on any atom is -0.368 e. The lowest BCUT2D eigenvalue weighted by Gasteiger charge is -2.34.